The van der Waals surface area contributed by atoms with Crippen molar-refractivity contribution < 1.29 is 28.7 Å². The number of nitrogens with zero attached hydrogens (tertiary/aromatic N) is 1. The molecule has 0 aromatic heterocycles. The highest BCUT2D eigenvalue weighted by Crippen LogP contribution is 2.33. The van der Waals surface area contributed by atoms with Gasteiger partial charge in [-0.15, -0.1) is 0 Å². The van der Waals surface area contributed by atoms with Gasteiger partial charge >= 0.3 is 12.1 Å². The van der Waals surface area contributed by atoms with Gasteiger partial charge in [0.15, 0.2) is 0 Å². The van der Waals surface area contributed by atoms with Crippen molar-refractivity contribution in [3.05, 3.63) is 35.9 Å². The summed E-state index contributed by atoms with van der Waals surface area (Å²) in [4.78, 5) is 53.7. The van der Waals surface area contributed by atoms with Crippen LogP contribution in [0, 0.1) is 5.92 Å². The molecule has 0 aliphatic rings. The van der Waals surface area contributed by atoms with Gasteiger partial charge < -0.3 is 25.0 Å². The molecule has 1 rings (SSSR count). The number of nitrogens with one attached hydrogen (secondary N) is 2. The molecule has 36 heavy (non-hydrogen) atoms. The molecule has 0 spiro atoms. The van der Waals surface area contributed by atoms with Crippen LogP contribution in [0.5, 0.6) is 0 Å². The number of methoxy groups -OCH3 is 1. The van der Waals surface area contributed by atoms with Crippen LogP contribution in [0.1, 0.15) is 79.8 Å². The van der Waals surface area contributed by atoms with Gasteiger partial charge in [-0.2, -0.15) is 0 Å². The van der Waals surface area contributed by atoms with E-state index in [0.29, 0.717) is 18.4 Å². The zero-order valence-electron chi connectivity index (χ0n) is 23.1. The van der Waals surface area contributed by atoms with Gasteiger partial charge in [0.05, 0.1) is 7.11 Å². The Balaban J connectivity index is 3.59. The second kappa shape index (κ2) is 13.3. The Labute approximate surface area is 215 Å². The monoisotopic (exact) mass is 505 g/mol. The van der Waals surface area contributed by atoms with Crippen molar-refractivity contribution in [2.45, 2.75) is 91.5 Å². The molecule has 0 bridgehead atoms. The van der Waals surface area contributed by atoms with Gasteiger partial charge in [-0.3, -0.25) is 14.4 Å². The molecule has 0 saturated carbocycles. The molecule has 0 radical (unpaired) electrons. The van der Waals surface area contributed by atoms with Gasteiger partial charge in [-0.05, 0) is 52.5 Å². The number of rotatable bonds is 11. The Hall–Kier alpha value is -3.10. The maximum absolute atomic E-state index is 14.2. The minimum Gasteiger partial charge on any atom is -0.468 e. The third kappa shape index (κ3) is 8.84. The van der Waals surface area contributed by atoms with Crippen molar-refractivity contribution in [3.8, 4) is 0 Å². The summed E-state index contributed by atoms with van der Waals surface area (Å²) in [6.45, 7) is 14.4. The minimum absolute atomic E-state index is 0.241. The number of carbonyl (C=O) groups is 4. The Morgan fingerprint density at radius 2 is 1.58 bits per heavy atom. The Bertz CT molecular complexity index is 895. The summed E-state index contributed by atoms with van der Waals surface area (Å²) in [5.41, 5.74) is -0.938. The molecule has 9 nitrogen and oxygen atoms in total. The molecule has 0 heterocycles. The molecule has 3 amide bonds. The topological polar surface area (TPSA) is 114 Å². The van der Waals surface area contributed by atoms with E-state index in [1.807, 2.05) is 40.7 Å². The number of hydrogen-bond acceptors (Lipinski definition) is 6. The number of esters is 1. The summed E-state index contributed by atoms with van der Waals surface area (Å²) in [5.74, 6) is -1.78. The maximum Gasteiger partial charge on any atom is 0.408 e. The third-order valence-corrected chi connectivity index (χ3v) is 6.16. The summed E-state index contributed by atoms with van der Waals surface area (Å²) in [6, 6.07) is 6.91. The molecule has 3 unspecified atom stereocenters. The van der Waals surface area contributed by atoms with E-state index in [2.05, 4.69) is 15.4 Å². The van der Waals surface area contributed by atoms with Crippen LogP contribution in [-0.4, -0.2) is 59.6 Å². The van der Waals surface area contributed by atoms with E-state index in [1.54, 1.807) is 45.0 Å². The van der Waals surface area contributed by atoms with E-state index in [9.17, 15) is 19.2 Å². The summed E-state index contributed by atoms with van der Waals surface area (Å²) in [5, 5.41) is 5.35. The first-order valence-electron chi connectivity index (χ1n) is 12.4. The van der Waals surface area contributed by atoms with Crippen molar-refractivity contribution in [3.63, 3.8) is 0 Å². The number of ether oxygens (including phenoxy) is 2. The van der Waals surface area contributed by atoms with Gasteiger partial charge in [0.1, 0.15) is 24.2 Å². The lowest BCUT2D eigenvalue weighted by atomic mass is 9.89. The Morgan fingerprint density at radius 1 is 1.00 bits per heavy atom. The summed E-state index contributed by atoms with van der Waals surface area (Å²) in [7, 11) is 1.23. The van der Waals surface area contributed by atoms with Crippen LogP contribution in [0.3, 0.4) is 0 Å². The van der Waals surface area contributed by atoms with Crippen LogP contribution in [0.15, 0.2) is 30.3 Å². The molecule has 9 heteroatoms. The number of carbonyl (C=O) groups excluding carboxylic acids is 4. The fourth-order valence-electron chi connectivity index (χ4n) is 3.59. The van der Waals surface area contributed by atoms with E-state index in [4.69, 9.17) is 4.74 Å². The summed E-state index contributed by atoms with van der Waals surface area (Å²) in [6.07, 6.45) is 0.435. The highest BCUT2D eigenvalue weighted by atomic mass is 16.6. The van der Waals surface area contributed by atoms with Crippen molar-refractivity contribution in [1.29, 1.82) is 0 Å². The molecule has 1 aromatic rings. The van der Waals surface area contributed by atoms with Gasteiger partial charge in [0, 0.05) is 5.54 Å². The fourth-order valence-corrected chi connectivity index (χ4v) is 3.59. The van der Waals surface area contributed by atoms with Crippen molar-refractivity contribution in [2.75, 3.05) is 13.7 Å². The quantitative estimate of drug-likeness (QED) is 0.440. The maximum atomic E-state index is 14.2. The average Bonchev–Trinajstić information content (AvgIpc) is 2.82. The number of hydrogen-bond donors (Lipinski definition) is 2. The molecule has 0 saturated heterocycles. The minimum atomic E-state index is -1.05. The normalized spacial score (nSPS) is 14.1. The molecule has 1 aromatic carbocycles. The van der Waals surface area contributed by atoms with Crippen LogP contribution >= 0.6 is 0 Å². The fraction of sp³-hybridized carbons (Fsp3) is 0.630. The van der Waals surface area contributed by atoms with E-state index < -0.39 is 47.1 Å². The first-order chi connectivity index (χ1) is 16.7. The standard InChI is InChI=1S/C27H43N3O6/c1-10-18(3)21(29-25(34)36-26(4,5)6)24(33)30(27(7,8)11-2)22(19-15-13-12-14-16-19)23(32)28-17-20(31)35-9/h12-16,18,21-22H,10-11,17H2,1-9H3,(H,28,32)(H,29,34). The predicted molar refractivity (Wildman–Crippen MR) is 138 cm³/mol. The van der Waals surface area contributed by atoms with E-state index in [-0.39, 0.29) is 12.5 Å². The number of amides is 3. The van der Waals surface area contributed by atoms with Gasteiger partial charge in [0.25, 0.3) is 0 Å². The molecular formula is C27H43N3O6. The summed E-state index contributed by atoms with van der Waals surface area (Å²) < 4.78 is 10.1. The molecule has 0 aliphatic carbocycles. The molecule has 2 N–H and O–H groups in total. The second-order valence-electron chi connectivity index (χ2n) is 10.5. The largest absolute Gasteiger partial charge is 0.468 e. The Morgan fingerprint density at radius 3 is 2.06 bits per heavy atom. The first kappa shape index (κ1) is 30.9. The van der Waals surface area contributed by atoms with Crippen LogP contribution < -0.4 is 10.6 Å². The SMILES string of the molecule is CCC(C)C(NC(=O)OC(C)(C)C)C(=O)N(C(C(=O)NCC(=O)OC)c1ccccc1)C(C)(C)CC. The lowest BCUT2D eigenvalue weighted by molar-refractivity contribution is -0.151. The van der Waals surface area contributed by atoms with Crippen molar-refractivity contribution in [1.82, 2.24) is 15.5 Å². The van der Waals surface area contributed by atoms with Crippen LogP contribution in [0.4, 0.5) is 4.79 Å². The molecule has 0 aliphatic heterocycles. The second-order valence-corrected chi connectivity index (χ2v) is 10.5. The third-order valence-electron chi connectivity index (χ3n) is 6.16. The Kier molecular flexibility index (Phi) is 11.4. The lowest BCUT2D eigenvalue weighted by Gasteiger charge is -2.45. The van der Waals surface area contributed by atoms with Crippen LogP contribution in [0.25, 0.3) is 0 Å². The van der Waals surface area contributed by atoms with E-state index >= 15 is 0 Å². The highest BCUT2D eigenvalue weighted by Gasteiger charge is 2.44. The van der Waals surface area contributed by atoms with Crippen LogP contribution in [-0.2, 0) is 23.9 Å². The first-order valence-corrected chi connectivity index (χ1v) is 12.4. The molecule has 0 fully saturated rings. The highest BCUT2D eigenvalue weighted by molar-refractivity contribution is 5.93. The van der Waals surface area contributed by atoms with Crippen molar-refractivity contribution in [2.24, 2.45) is 5.92 Å². The van der Waals surface area contributed by atoms with Crippen molar-refractivity contribution >= 4 is 23.9 Å². The van der Waals surface area contributed by atoms with Gasteiger partial charge in [0.2, 0.25) is 11.8 Å². The molecule has 3 atom stereocenters. The molecular weight excluding hydrogens is 462 g/mol. The van der Waals surface area contributed by atoms with E-state index in [1.165, 1.54) is 12.0 Å². The lowest BCUT2D eigenvalue weighted by Crippen LogP contribution is -2.60. The predicted octanol–water partition coefficient (Wildman–Crippen LogP) is 3.97. The van der Waals surface area contributed by atoms with Gasteiger partial charge in [-0.1, -0.05) is 57.5 Å². The smallest absolute Gasteiger partial charge is 0.408 e. The van der Waals surface area contributed by atoms with E-state index in [0.717, 1.165) is 0 Å². The van der Waals surface area contributed by atoms with Gasteiger partial charge in [-0.25, -0.2) is 4.79 Å². The number of alkyl carbamates (subject to hydrolysis) is 1. The average molecular weight is 506 g/mol. The summed E-state index contributed by atoms with van der Waals surface area (Å²) >= 11 is 0. The molecule has 202 valence electrons. The zero-order valence-corrected chi connectivity index (χ0v) is 23.1. The van der Waals surface area contributed by atoms with Crippen LogP contribution in [0.2, 0.25) is 0 Å². The number of benzene rings is 1. The zero-order chi connectivity index (χ0) is 27.7.